The first kappa shape index (κ1) is 20.3. The molecule has 0 aliphatic carbocycles. The molecule has 1 amide bonds. The van der Waals surface area contributed by atoms with Gasteiger partial charge in [-0.3, -0.25) is 9.78 Å². The van der Waals surface area contributed by atoms with Crippen molar-refractivity contribution in [1.82, 2.24) is 9.97 Å². The molecule has 3 aromatic rings. The van der Waals surface area contributed by atoms with Gasteiger partial charge in [-0.2, -0.15) is 0 Å². The molecule has 0 radical (unpaired) electrons. The fourth-order valence-corrected chi connectivity index (χ4v) is 3.10. The first-order valence-electron chi connectivity index (χ1n) is 9.86. The van der Waals surface area contributed by atoms with Crippen molar-refractivity contribution in [3.05, 3.63) is 77.9 Å². The van der Waals surface area contributed by atoms with Crippen LogP contribution in [0.3, 0.4) is 0 Å². The number of carbonyl (C=O) groups is 1. The van der Waals surface area contributed by atoms with Gasteiger partial charge in [-0.25, -0.2) is 4.98 Å². The Balaban J connectivity index is 1.62. The van der Waals surface area contributed by atoms with Gasteiger partial charge in [0.25, 0.3) is 5.91 Å². The van der Waals surface area contributed by atoms with Crippen LogP contribution < -0.4 is 15.5 Å². The second kappa shape index (κ2) is 9.68. The molecule has 0 aliphatic rings. The number of carbonyl (C=O) groups excluding carboxylic acids is 1. The maximum Gasteiger partial charge on any atom is 0.274 e. The average molecular weight is 390 g/mol. The summed E-state index contributed by atoms with van der Waals surface area (Å²) in [7, 11) is 0. The summed E-state index contributed by atoms with van der Waals surface area (Å²) in [5, 5.41) is 6.23. The summed E-state index contributed by atoms with van der Waals surface area (Å²) < 4.78 is 0. The Bertz CT molecular complexity index is 937. The van der Waals surface area contributed by atoms with Crippen LogP contribution in [-0.4, -0.2) is 29.0 Å². The van der Waals surface area contributed by atoms with Gasteiger partial charge >= 0.3 is 0 Å². The summed E-state index contributed by atoms with van der Waals surface area (Å²) in [6.07, 6.45) is 5.23. The van der Waals surface area contributed by atoms with Crippen molar-refractivity contribution in [3.63, 3.8) is 0 Å². The lowest BCUT2D eigenvalue weighted by molar-refractivity contribution is 0.102. The van der Waals surface area contributed by atoms with Crippen molar-refractivity contribution in [2.75, 3.05) is 28.6 Å². The molecular formula is C23H27N5O. The van der Waals surface area contributed by atoms with Crippen molar-refractivity contribution in [2.45, 2.75) is 27.3 Å². The third-order valence-electron chi connectivity index (χ3n) is 4.80. The zero-order valence-corrected chi connectivity index (χ0v) is 17.1. The van der Waals surface area contributed by atoms with Crippen molar-refractivity contribution in [2.24, 2.45) is 0 Å². The number of amides is 1. The number of benzene rings is 1. The second-order valence-corrected chi connectivity index (χ2v) is 6.77. The maximum atomic E-state index is 12.6. The Morgan fingerprint density at radius 1 is 1.07 bits per heavy atom. The van der Waals surface area contributed by atoms with E-state index in [9.17, 15) is 4.79 Å². The summed E-state index contributed by atoms with van der Waals surface area (Å²) >= 11 is 0. The number of aromatic nitrogens is 2. The molecule has 6 heteroatoms. The molecule has 0 bridgehead atoms. The summed E-state index contributed by atoms with van der Waals surface area (Å²) in [6.45, 7) is 8.82. The molecule has 2 N–H and O–H groups in total. The molecule has 0 saturated heterocycles. The zero-order chi connectivity index (χ0) is 20.6. The van der Waals surface area contributed by atoms with Crippen LogP contribution in [0, 0.1) is 6.92 Å². The van der Waals surface area contributed by atoms with E-state index in [2.05, 4.69) is 45.4 Å². The summed E-state index contributed by atoms with van der Waals surface area (Å²) in [5.41, 5.74) is 5.30. The van der Waals surface area contributed by atoms with Gasteiger partial charge in [0.15, 0.2) is 0 Å². The first-order valence-corrected chi connectivity index (χ1v) is 9.86. The topological polar surface area (TPSA) is 70.2 Å². The first-order chi connectivity index (χ1) is 14.1. The number of hydrogen-bond donors (Lipinski definition) is 2. The Kier molecular flexibility index (Phi) is 6.79. The molecule has 29 heavy (non-hydrogen) atoms. The molecule has 0 atom stereocenters. The third kappa shape index (κ3) is 5.31. The molecule has 0 fully saturated rings. The van der Waals surface area contributed by atoms with E-state index >= 15 is 0 Å². The highest BCUT2D eigenvalue weighted by molar-refractivity contribution is 6.03. The third-order valence-corrected chi connectivity index (χ3v) is 4.80. The quantitative estimate of drug-likeness (QED) is 0.594. The normalized spacial score (nSPS) is 10.4. The van der Waals surface area contributed by atoms with Gasteiger partial charge in [0.2, 0.25) is 0 Å². The van der Waals surface area contributed by atoms with E-state index < -0.39 is 0 Å². The molecule has 0 unspecified atom stereocenters. The van der Waals surface area contributed by atoms with Crippen molar-refractivity contribution < 1.29 is 4.79 Å². The molecule has 0 aliphatic heterocycles. The molecule has 2 heterocycles. The standard InChI is InChI=1S/C23H27N5O/c1-4-28(5-2)20-9-11-21(17(3)13-20)27-23(29)22-10-8-19(16-26-22)25-15-18-7-6-12-24-14-18/h6-14,16,25H,4-5,15H2,1-3H3,(H,27,29). The van der Waals surface area contributed by atoms with E-state index in [-0.39, 0.29) is 5.91 Å². The highest BCUT2D eigenvalue weighted by atomic mass is 16.1. The van der Waals surface area contributed by atoms with Crippen LogP contribution in [-0.2, 0) is 6.54 Å². The highest BCUT2D eigenvalue weighted by Gasteiger charge is 2.11. The smallest absolute Gasteiger partial charge is 0.274 e. The van der Waals surface area contributed by atoms with Crippen LogP contribution in [0.4, 0.5) is 17.1 Å². The fourth-order valence-electron chi connectivity index (χ4n) is 3.10. The van der Waals surface area contributed by atoms with Crippen LogP contribution >= 0.6 is 0 Å². The minimum Gasteiger partial charge on any atom is -0.380 e. The Morgan fingerprint density at radius 2 is 1.90 bits per heavy atom. The van der Waals surface area contributed by atoms with E-state index in [1.165, 1.54) is 0 Å². The van der Waals surface area contributed by atoms with Crippen molar-refractivity contribution >= 4 is 23.0 Å². The Morgan fingerprint density at radius 3 is 2.52 bits per heavy atom. The lowest BCUT2D eigenvalue weighted by Gasteiger charge is -2.22. The molecule has 1 aromatic carbocycles. The summed E-state index contributed by atoms with van der Waals surface area (Å²) in [4.78, 5) is 23.2. The lowest BCUT2D eigenvalue weighted by Crippen LogP contribution is -2.22. The summed E-state index contributed by atoms with van der Waals surface area (Å²) in [6, 6.07) is 13.6. The van der Waals surface area contributed by atoms with Crippen LogP contribution in [0.5, 0.6) is 0 Å². The molecule has 2 aromatic heterocycles. The van der Waals surface area contributed by atoms with Gasteiger partial charge in [-0.1, -0.05) is 6.07 Å². The number of aryl methyl sites for hydroxylation is 1. The van der Waals surface area contributed by atoms with E-state index in [1.54, 1.807) is 18.5 Å². The van der Waals surface area contributed by atoms with Crippen LogP contribution in [0.1, 0.15) is 35.5 Å². The molecular weight excluding hydrogens is 362 g/mol. The fraction of sp³-hybridized carbons (Fsp3) is 0.261. The van der Waals surface area contributed by atoms with Crippen LogP contribution in [0.25, 0.3) is 0 Å². The molecule has 0 spiro atoms. The van der Waals surface area contributed by atoms with E-state index in [4.69, 9.17) is 0 Å². The van der Waals surface area contributed by atoms with Crippen LogP contribution in [0.2, 0.25) is 0 Å². The average Bonchev–Trinajstić information content (AvgIpc) is 2.76. The number of nitrogens with one attached hydrogen (secondary N) is 2. The SMILES string of the molecule is CCN(CC)c1ccc(NC(=O)c2ccc(NCc3cccnc3)cn2)c(C)c1. The van der Waals surface area contributed by atoms with Gasteiger partial charge in [0.05, 0.1) is 11.9 Å². The minimum absolute atomic E-state index is 0.220. The number of rotatable bonds is 8. The van der Waals surface area contributed by atoms with Gasteiger partial charge in [0.1, 0.15) is 5.69 Å². The van der Waals surface area contributed by atoms with Gasteiger partial charge in [0, 0.05) is 43.4 Å². The van der Waals surface area contributed by atoms with E-state index in [1.807, 2.05) is 43.5 Å². The van der Waals surface area contributed by atoms with Crippen molar-refractivity contribution in [1.29, 1.82) is 0 Å². The van der Waals surface area contributed by atoms with Gasteiger partial charge in [-0.15, -0.1) is 0 Å². The largest absolute Gasteiger partial charge is 0.380 e. The van der Waals surface area contributed by atoms with Crippen molar-refractivity contribution in [3.8, 4) is 0 Å². The Labute approximate surface area is 172 Å². The van der Waals surface area contributed by atoms with Gasteiger partial charge in [-0.05, 0) is 68.3 Å². The maximum absolute atomic E-state index is 12.6. The predicted octanol–water partition coefficient (Wildman–Crippen LogP) is 4.50. The van der Waals surface area contributed by atoms with E-state index in [0.717, 1.165) is 41.3 Å². The number of pyridine rings is 2. The minimum atomic E-state index is -0.220. The second-order valence-electron chi connectivity index (χ2n) is 6.77. The van der Waals surface area contributed by atoms with Gasteiger partial charge < -0.3 is 15.5 Å². The monoisotopic (exact) mass is 389 g/mol. The molecule has 0 saturated carbocycles. The number of hydrogen-bond acceptors (Lipinski definition) is 5. The molecule has 6 nitrogen and oxygen atoms in total. The van der Waals surface area contributed by atoms with E-state index in [0.29, 0.717) is 12.2 Å². The predicted molar refractivity (Wildman–Crippen MR) is 118 cm³/mol. The molecule has 150 valence electrons. The highest BCUT2D eigenvalue weighted by Crippen LogP contribution is 2.23. The van der Waals surface area contributed by atoms with Crippen LogP contribution in [0.15, 0.2) is 61.1 Å². The Hall–Kier alpha value is -3.41. The lowest BCUT2D eigenvalue weighted by atomic mass is 10.1. The summed E-state index contributed by atoms with van der Waals surface area (Å²) in [5.74, 6) is -0.220. The zero-order valence-electron chi connectivity index (χ0n) is 17.1. The number of nitrogens with zero attached hydrogens (tertiary/aromatic N) is 3. The molecule has 3 rings (SSSR count). The number of anilines is 3.